The summed E-state index contributed by atoms with van der Waals surface area (Å²) in [4.78, 5) is 29.2. The van der Waals surface area contributed by atoms with Crippen LogP contribution in [0, 0.1) is 0 Å². The van der Waals surface area contributed by atoms with Gasteiger partial charge in [-0.25, -0.2) is 0 Å². The summed E-state index contributed by atoms with van der Waals surface area (Å²) in [7, 11) is 2.14. The highest BCUT2D eigenvalue weighted by molar-refractivity contribution is 6.31. The normalized spacial score (nSPS) is 15.2. The minimum absolute atomic E-state index is 0.220. The third-order valence-corrected chi connectivity index (χ3v) is 7.21. The highest BCUT2D eigenvalue weighted by Gasteiger charge is 2.31. The minimum Gasteiger partial charge on any atom is -0.312 e. The number of benzene rings is 2. The molecule has 1 unspecified atom stereocenters. The number of ketones is 1. The van der Waals surface area contributed by atoms with E-state index in [0.29, 0.717) is 18.9 Å². The van der Waals surface area contributed by atoms with E-state index < -0.39 is 0 Å². The van der Waals surface area contributed by atoms with E-state index in [9.17, 15) is 9.59 Å². The molecule has 0 saturated heterocycles. The average molecular weight is 469 g/mol. The molecule has 5 heteroatoms. The molecule has 1 atom stereocenters. The zero-order valence-corrected chi connectivity index (χ0v) is 21.3. The topological polar surface area (TPSA) is 40.6 Å². The highest BCUT2D eigenvalue weighted by Crippen LogP contribution is 2.37. The Labute approximate surface area is 203 Å². The first-order valence-corrected chi connectivity index (χ1v) is 12.7. The number of amides is 1. The molecular formula is C28H37ClN2O2. The molecule has 2 aromatic carbocycles. The fourth-order valence-corrected chi connectivity index (χ4v) is 4.99. The van der Waals surface area contributed by atoms with Crippen LogP contribution in [0.5, 0.6) is 0 Å². The lowest BCUT2D eigenvalue weighted by Gasteiger charge is -2.26. The largest absolute Gasteiger partial charge is 0.312 e. The Morgan fingerprint density at radius 3 is 2.55 bits per heavy atom. The lowest BCUT2D eigenvalue weighted by molar-refractivity contribution is -0.118. The number of hydrogen-bond acceptors (Lipinski definition) is 3. The van der Waals surface area contributed by atoms with Gasteiger partial charge in [-0.05, 0) is 81.0 Å². The predicted octanol–water partition coefficient (Wildman–Crippen LogP) is 6.12. The van der Waals surface area contributed by atoms with E-state index in [-0.39, 0.29) is 11.7 Å². The van der Waals surface area contributed by atoms with Gasteiger partial charge in [0.25, 0.3) is 0 Å². The van der Waals surface area contributed by atoms with E-state index in [0.717, 1.165) is 61.5 Å². The second-order valence-electron chi connectivity index (χ2n) is 8.92. The molecule has 0 fully saturated rings. The molecule has 2 heterocycles. The van der Waals surface area contributed by atoms with E-state index in [1.165, 1.54) is 16.7 Å². The number of halogens is 1. The van der Waals surface area contributed by atoms with Crippen molar-refractivity contribution in [3.05, 3.63) is 63.7 Å². The maximum Gasteiger partial charge on any atom is 0.227 e. The molecule has 0 radical (unpaired) electrons. The van der Waals surface area contributed by atoms with Gasteiger partial charge in [0, 0.05) is 42.6 Å². The van der Waals surface area contributed by atoms with Crippen molar-refractivity contribution in [3.63, 3.8) is 0 Å². The smallest absolute Gasteiger partial charge is 0.227 e. The number of Topliss-reactive ketones (excluding diaryl/α,β-unsaturated/α-hetero) is 1. The summed E-state index contributed by atoms with van der Waals surface area (Å²) in [5.74, 6) is 0.443. The standard InChI is InChI=1S/C26H31ClN2O2.C2H6/c1-18(28(2)14-12-19-7-3-4-8-23(19)27)6-5-9-24(30)22-16-20-10-11-25(31)29-15-13-21(17-22)26(20)29;1-2/h3-4,7-8,16-18H,5-6,9-15H2,1-2H3;1-2H3. The molecule has 0 saturated carbocycles. The van der Waals surface area contributed by atoms with Gasteiger partial charge in [0.2, 0.25) is 5.91 Å². The Balaban J connectivity index is 0.00000149. The number of carbonyl (C=O) groups is 2. The van der Waals surface area contributed by atoms with Gasteiger partial charge in [-0.15, -0.1) is 0 Å². The Kier molecular flexibility index (Phi) is 9.10. The van der Waals surface area contributed by atoms with Crippen LogP contribution in [0.4, 0.5) is 5.69 Å². The van der Waals surface area contributed by atoms with E-state index in [1.54, 1.807) is 0 Å². The molecular weight excluding hydrogens is 432 g/mol. The van der Waals surface area contributed by atoms with Crippen molar-refractivity contribution in [3.8, 4) is 0 Å². The molecule has 0 spiro atoms. The fourth-order valence-electron chi connectivity index (χ4n) is 4.76. The van der Waals surface area contributed by atoms with E-state index >= 15 is 0 Å². The molecule has 1 amide bonds. The summed E-state index contributed by atoms with van der Waals surface area (Å²) in [6.45, 7) is 7.93. The van der Waals surface area contributed by atoms with Crippen LogP contribution in [-0.4, -0.2) is 42.8 Å². The Morgan fingerprint density at radius 1 is 1.12 bits per heavy atom. The molecule has 2 aliphatic heterocycles. The van der Waals surface area contributed by atoms with Crippen LogP contribution < -0.4 is 4.90 Å². The molecule has 0 bridgehead atoms. The van der Waals surface area contributed by atoms with Gasteiger partial charge < -0.3 is 9.80 Å². The number of likely N-dealkylation sites (N-methyl/N-ethyl adjacent to an activating group) is 1. The van der Waals surface area contributed by atoms with Crippen LogP contribution in [0.3, 0.4) is 0 Å². The summed E-state index contributed by atoms with van der Waals surface area (Å²) < 4.78 is 0. The molecule has 0 aliphatic carbocycles. The van der Waals surface area contributed by atoms with Crippen molar-refractivity contribution in [2.24, 2.45) is 0 Å². The van der Waals surface area contributed by atoms with Crippen molar-refractivity contribution >= 4 is 29.0 Å². The van der Waals surface area contributed by atoms with Crippen molar-refractivity contribution in [1.82, 2.24) is 4.90 Å². The van der Waals surface area contributed by atoms with Gasteiger partial charge in [-0.1, -0.05) is 43.6 Å². The Morgan fingerprint density at radius 2 is 1.82 bits per heavy atom. The van der Waals surface area contributed by atoms with E-state index in [1.807, 2.05) is 49.1 Å². The van der Waals surface area contributed by atoms with Crippen LogP contribution in [0.15, 0.2) is 36.4 Å². The molecule has 33 heavy (non-hydrogen) atoms. The molecule has 2 aliphatic rings. The number of hydrogen-bond donors (Lipinski definition) is 0. The number of nitrogens with zero attached hydrogens (tertiary/aromatic N) is 2. The van der Waals surface area contributed by atoms with Gasteiger partial charge in [0.1, 0.15) is 0 Å². The molecule has 178 valence electrons. The first-order valence-electron chi connectivity index (χ1n) is 12.4. The first-order chi connectivity index (χ1) is 15.9. The Hall–Kier alpha value is -2.17. The van der Waals surface area contributed by atoms with Gasteiger partial charge in [0.05, 0.1) is 5.69 Å². The summed E-state index contributed by atoms with van der Waals surface area (Å²) in [5.41, 5.74) is 5.43. The zero-order valence-electron chi connectivity index (χ0n) is 20.5. The second-order valence-corrected chi connectivity index (χ2v) is 9.33. The van der Waals surface area contributed by atoms with E-state index in [2.05, 4.69) is 24.9 Å². The first kappa shape index (κ1) is 25.5. The van der Waals surface area contributed by atoms with Crippen molar-refractivity contribution in [2.75, 3.05) is 25.0 Å². The minimum atomic E-state index is 0.220. The third-order valence-electron chi connectivity index (χ3n) is 6.84. The molecule has 4 rings (SSSR count). The third kappa shape index (κ3) is 6.04. The maximum absolute atomic E-state index is 12.9. The number of anilines is 1. The average Bonchev–Trinajstić information content (AvgIpc) is 3.27. The number of carbonyl (C=O) groups excluding carboxylic acids is 2. The number of rotatable bonds is 9. The SMILES string of the molecule is CC.CC(CCCC(=O)c1cc2c3c(c1)CCN3C(=O)CC2)N(C)CCc1ccccc1Cl. The van der Waals surface area contributed by atoms with Gasteiger partial charge in [-0.3, -0.25) is 9.59 Å². The van der Waals surface area contributed by atoms with Gasteiger partial charge in [0.15, 0.2) is 5.78 Å². The summed E-state index contributed by atoms with van der Waals surface area (Å²) in [6, 6.07) is 12.5. The van der Waals surface area contributed by atoms with E-state index in [4.69, 9.17) is 11.6 Å². The predicted molar refractivity (Wildman–Crippen MR) is 138 cm³/mol. The van der Waals surface area contributed by atoms with Crippen molar-refractivity contribution < 1.29 is 9.59 Å². The molecule has 2 aromatic rings. The van der Waals surface area contributed by atoms with Crippen LogP contribution in [0.1, 0.15) is 73.5 Å². The van der Waals surface area contributed by atoms with Gasteiger partial charge >= 0.3 is 0 Å². The summed E-state index contributed by atoms with van der Waals surface area (Å²) >= 11 is 6.26. The van der Waals surface area contributed by atoms with Crippen molar-refractivity contribution in [1.29, 1.82) is 0 Å². The summed E-state index contributed by atoms with van der Waals surface area (Å²) in [5, 5.41) is 0.829. The quantitative estimate of drug-likeness (QED) is 0.416. The van der Waals surface area contributed by atoms with Crippen LogP contribution in [-0.2, 0) is 24.1 Å². The monoisotopic (exact) mass is 468 g/mol. The van der Waals surface area contributed by atoms with Crippen molar-refractivity contribution in [2.45, 2.75) is 71.8 Å². The second kappa shape index (κ2) is 11.8. The van der Waals surface area contributed by atoms with Crippen LogP contribution in [0.25, 0.3) is 0 Å². The van der Waals surface area contributed by atoms with Crippen LogP contribution >= 0.6 is 11.6 Å². The summed E-state index contributed by atoms with van der Waals surface area (Å²) in [6.07, 6.45) is 5.55. The number of aryl methyl sites for hydroxylation is 1. The molecule has 0 aromatic heterocycles. The fraction of sp³-hybridized carbons (Fsp3) is 0.500. The maximum atomic E-state index is 12.9. The molecule has 0 N–H and O–H groups in total. The van der Waals surface area contributed by atoms with Gasteiger partial charge in [-0.2, -0.15) is 0 Å². The van der Waals surface area contributed by atoms with Crippen LogP contribution in [0.2, 0.25) is 5.02 Å². The highest BCUT2D eigenvalue weighted by atomic mass is 35.5. The Bertz CT molecular complexity index is 988. The lowest BCUT2D eigenvalue weighted by Crippen LogP contribution is -2.32. The lowest BCUT2D eigenvalue weighted by atomic mass is 9.93. The molecule has 4 nitrogen and oxygen atoms in total. The zero-order chi connectivity index (χ0) is 24.0.